The lowest BCUT2D eigenvalue weighted by molar-refractivity contribution is 0.0600. The summed E-state index contributed by atoms with van der Waals surface area (Å²) in [5.41, 5.74) is 4.60. The summed E-state index contributed by atoms with van der Waals surface area (Å²) in [6.45, 7) is 3.31. The van der Waals surface area contributed by atoms with Crippen LogP contribution in [0.25, 0.3) is 10.6 Å². The Kier molecular flexibility index (Phi) is 5.85. The fraction of sp³-hybridized carbons (Fsp3) is 0.182. The molecule has 0 radical (unpaired) electrons. The molecule has 0 amide bonds. The van der Waals surface area contributed by atoms with E-state index in [-0.39, 0.29) is 5.97 Å². The Morgan fingerprint density at radius 2 is 1.87 bits per heavy atom. The van der Waals surface area contributed by atoms with Crippen molar-refractivity contribution in [3.05, 3.63) is 83.4 Å². The first-order valence-electron chi connectivity index (χ1n) is 9.43. The lowest BCUT2D eigenvalue weighted by Crippen LogP contribution is -2.02. The van der Waals surface area contributed by atoms with Gasteiger partial charge in [0.2, 0.25) is 0 Å². The number of carbonyl (C=O) groups is 1. The molecular weight excluding hydrogens is 398 g/mol. The lowest BCUT2D eigenvalue weighted by Gasteiger charge is -2.04. The third kappa shape index (κ3) is 4.55. The van der Waals surface area contributed by atoms with Crippen molar-refractivity contribution in [2.45, 2.75) is 20.0 Å². The minimum absolute atomic E-state index is 0.335. The van der Waals surface area contributed by atoms with E-state index < -0.39 is 0 Å². The zero-order valence-electron chi connectivity index (χ0n) is 16.7. The molecule has 0 saturated heterocycles. The normalized spacial score (nSPS) is 10.7. The van der Waals surface area contributed by atoms with E-state index in [4.69, 9.17) is 9.84 Å². The first-order chi connectivity index (χ1) is 14.6. The molecule has 4 rings (SSSR count). The van der Waals surface area contributed by atoms with Crippen LogP contribution in [0.1, 0.15) is 27.2 Å². The minimum Gasteiger partial charge on any atom is -0.465 e. The highest BCUT2D eigenvalue weighted by Crippen LogP contribution is 2.31. The standard InChI is InChI=1S/C22H21N5O2S/c1-15-20(19-9-12-27(26-19)14-17-7-10-23-11-8-17)30-22(25-15)24-13-16-3-5-18(6-4-16)21(28)29-2/h3-12H,13-14H2,1-2H3,(H,24,25). The van der Waals surface area contributed by atoms with E-state index in [2.05, 4.69) is 15.3 Å². The maximum absolute atomic E-state index is 11.5. The number of rotatable bonds is 7. The van der Waals surface area contributed by atoms with Crippen LogP contribution in [0.3, 0.4) is 0 Å². The van der Waals surface area contributed by atoms with Gasteiger partial charge in [0.15, 0.2) is 5.13 Å². The Bertz CT molecular complexity index is 1140. The van der Waals surface area contributed by atoms with Gasteiger partial charge in [-0.3, -0.25) is 9.67 Å². The molecule has 1 aromatic carbocycles. The van der Waals surface area contributed by atoms with Crippen molar-refractivity contribution in [3.63, 3.8) is 0 Å². The second-order valence-corrected chi connectivity index (χ2v) is 7.73. The number of nitrogens with one attached hydrogen (secondary N) is 1. The van der Waals surface area contributed by atoms with Crippen molar-refractivity contribution in [2.75, 3.05) is 12.4 Å². The highest BCUT2D eigenvalue weighted by atomic mass is 32.1. The third-order valence-electron chi connectivity index (χ3n) is 4.58. The van der Waals surface area contributed by atoms with Crippen LogP contribution in [-0.2, 0) is 17.8 Å². The number of aryl methyl sites for hydroxylation is 1. The van der Waals surface area contributed by atoms with Crippen molar-refractivity contribution in [2.24, 2.45) is 0 Å². The highest BCUT2D eigenvalue weighted by Gasteiger charge is 2.13. The van der Waals surface area contributed by atoms with E-state index in [9.17, 15) is 4.79 Å². The molecule has 0 bridgehead atoms. The van der Waals surface area contributed by atoms with Crippen molar-refractivity contribution < 1.29 is 9.53 Å². The first kappa shape index (κ1) is 19.8. The summed E-state index contributed by atoms with van der Waals surface area (Å²) in [7, 11) is 1.38. The Morgan fingerprint density at radius 1 is 1.10 bits per heavy atom. The first-order valence-corrected chi connectivity index (χ1v) is 10.3. The zero-order valence-corrected chi connectivity index (χ0v) is 17.5. The Morgan fingerprint density at radius 3 is 2.60 bits per heavy atom. The largest absolute Gasteiger partial charge is 0.465 e. The van der Waals surface area contributed by atoms with E-state index in [1.165, 1.54) is 7.11 Å². The second kappa shape index (κ2) is 8.87. The molecule has 0 fully saturated rings. The lowest BCUT2D eigenvalue weighted by atomic mass is 10.1. The van der Waals surface area contributed by atoms with Gasteiger partial charge in [0.05, 0.1) is 29.8 Å². The molecule has 7 nitrogen and oxygen atoms in total. The van der Waals surface area contributed by atoms with Gasteiger partial charge in [-0.1, -0.05) is 23.5 Å². The summed E-state index contributed by atoms with van der Waals surface area (Å²) in [5.74, 6) is -0.335. The molecular formula is C22H21N5O2S. The summed E-state index contributed by atoms with van der Waals surface area (Å²) in [5, 5.41) is 8.88. The number of thiazole rings is 1. The van der Waals surface area contributed by atoms with Gasteiger partial charge in [-0.05, 0) is 48.4 Å². The Labute approximate surface area is 178 Å². The number of aromatic nitrogens is 4. The van der Waals surface area contributed by atoms with Crippen LogP contribution < -0.4 is 5.32 Å². The van der Waals surface area contributed by atoms with E-state index in [0.29, 0.717) is 18.7 Å². The highest BCUT2D eigenvalue weighted by molar-refractivity contribution is 7.19. The van der Waals surface area contributed by atoms with Gasteiger partial charge < -0.3 is 10.1 Å². The number of ether oxygens (including phenoxy) is 1. The molecule has 1 N–H and O–H groups in total. The van der Waals surface area contributed by atoms with Crippen molar-refractivity contribution in [3.8, 4) is 10.6 Å². The smallest absolute Gasteiger partial charge is 0.337 e. The summed E-state index contributed by atoms with van der Waals surface area (Å²) < 4.78 is 6.64. The molecule has 4 aromatic rings. The molecule has 0 spiro atoms. The number of hydrogen-bond donors (Lipinski definition) is 1. The van der Waals surface area contributed by atoms with Crippen LogP contribution in [0, 0.1) is 6.92 Å². The number of pyridine rings is 1. The summed E-state index contributed by atoms with van der Waals surface area (Å²) in [6.07, 6.45) is 5.55. The second-order valence-electron chi connectivity index (χ2n) is 6.73. The monoisotopic (exact) mass is 419 g/mol. The number of anilines is 1. The van der Waals surface area contributed by atoms with Gasteiger partial charge in [-0.2, -0.15) is 5.10 Å². The molecule has 3 aromatic heterocycles. The predicted octanol–water partition coefficient (Wildman–Crippen LogP) is 4.16. The van der Waals surface area contributed by atoms with E-state index in [1.54, 1.807) is 35.9 Å². The van der Waals surface area contributed by atoms with Gasteiger partial charge in [0.25, 0.3) is 0 Å². The molecule has 0 aliphatic carbocycles. The quantitative estimate of drug-likeness (QED) is 0.453. The predicted molar refractivity (Wildman–Crippen MR) is 117 cm³/mol. The van der Waals surface area contributed by atoms with Crippen LogP contribution in [0.4, 0.5) is 5.13 Å². The van der Waals surface area contributed by atoms with Gasteiger partial charge in [-0.25, -0.2) is 9.78 Å². The molecule has 30 heavy (non-hydrogen) atoms. The zero-order chi connectivity index (χ0) is 20.9. The average Bonchev–Trinajstić information content (AvgIpc) is 3.39. The van der Waals surface area contributed by atoms with Crippen LogP contribution in [0.15, 0.2) is 61.1 Å². The molecule has 0 unspecified atom stereocenters. The number of methoxy groups -OCH3 is 1. The molecule has 152 valence electrons. The van der Waals surface area contributed by atoms with Crippen molar-refractivity contribution in [1.82, 2.24) is 19.7 Å². The minimum atomic E-state index is -0.335. The number of benzene rings is 1. The van der Waals surface area contributed by atoms with Crippen molar-refractivity contribution in [1.29, 1.82) is 0 Å². The molecule has 8 heteroatoms. The van der Waals surface area contributed by atoms with Gasteiger partial charge in [-0.15, -0.1) is 0 Å². The number of esters is 1. The van der Waals surface area contributed by atoms with E-state index in [1.807, 2.05) is 48.1 Å². The molecule has 0 aliphatic rings. The fourth-order valence-electron chi connectivity index (χ4n) is 3.01. The van der Waals surface area contributed by atoms with E-state index >= 15 is 0 Å². The van der Waals surface area contributed by atoms with Crippen LogP contribution in [0.5, 0.6) is 0 Å². The van der Waals surface area contributed by atoms with Gasteiger partial charge in [0, 0.05) is 25.1 Å². The van der Waals surface area contributed by atoms with Crippen LogP contribution >= 0.6 is 11.3 Å². The topological polar surface area (TPSA) is 81.9 Å². The maximum atomic E-state index is 11.5. The molecule has 0 saturated carbocycles. The summed E-state index contributed by atoms with van der Waals surface area (Å²) >= 11 is 1.58. The number of carbonyl (C=O) groups excluding carboxylic acids is 1. The average molecular weight is 420 g/mol. The molecule has 0 atom stereocenters. The Hall–Kier alpha value is -3.52. The maximum Gasteiger partial charge on any atom is 0.337 e. The van der Waals surface area contributed by atoms with Crippen LogP contribution in [-0.4, -0.2) is 32.8 Å². The number of nitrogens with zero attached hydrogens (tertiary/aromatic N) is 4. The molecule has 0 aliphatic heterocycles. The third-order valence-corrected chi connectivity index (χ3v) is 5.72. The van der Waals surface area contributed by atoms with Gasteiger partial charge >= 0.3 is 5.97 Å². The molecule has 3 heterocycles. The van der Waals surface area contributed by atoms with Crippen molar-refractivity contribution >= 4 is 22.4 Å². The fourth-order valence-corrected chi connectivity index (χ4v) is 3.94. The van der Waals surface area contributed by atoms with Crippen LogP contribution in [0.2, 0.25) is 0 Å². The van der Waals surface area contributed by atoms with E-state index in [0.717, 1.165) is 32.5 Å². The SMILES string of the molecule is COC(=O)c1ccc(CNc2nc(C)c(-c3ccn(Cc4ccncc4)n3)s2)cc1. The summed E-state index contributed by atoms with van der Waals surface area (Å²) in [6, 6.07) is 13.3. The van der Waals surface area contributed by atoms with Gasteiger partial charge in [0.1, 0.15) is 5.69 Å². The summed E-state index contributed by atoms with van der Waals surface area (Å²) in [4.78, 5) is 21.3. The number of hydrogen-bond acceptors (Lipinski definition) is 7. The Balaban J connectivity index is 1.42.